The lowest BCUT2D eigenvalue weighted by Gasteiger charge is -2.49. The van der Waals surface area contributed by atoms with Gasteiger partial charge in [0.2, 0.25) is 0 Å². The maximum absolute atomic E-state index is 13.0. The van der Waals surface area contributed by atoms with Crippen LogP contribution >= 0.6 is 0 Å². The number of ether oxygens (including phenoxy) is 4. The molecule has 3 fully saturated rings. The molecule has 234 valence electrons. The van der Waals surface area contributed by atoms with Crippen molar-refractivity contribution in [2.75, 3.05) is 26.3 Å². The van der Waals surface area contributed by atoms with Gasteiger partial charge in [-0.1, -0.05) is 6.92 Å². The van der Waals surface area contributed by atoms with E-state index in [0.29, 0.717) is 25.9 Å². The lowest BCUT2D eigenvalue weighted by Crippen LogP contribution is -2.68. The van der Waals surface area contributed by atoms with Crippen molar-refractivity contribution in [3.8, 4) is 0 Å². The largest absolute Gasteiger partial charge is 0.395 e. The molecule has 40 heavy (non-hydrogen) atoms. The average Bonchev–Trinajstić information content (AvgIpc) is 2.89. The molecule has 0 bridgehead atoms. The molecule has 0 radical (unpaired) electrons. The van der Waals surface area contributed by atoms with Crippen LogP contribution in [0.15, 0.2) is 0 Å². The Morgan fingerprint density at radius 1 is 1.12 bits per heavy atom. The fraction of sp³-hybridized carbons (Fsp3) is 0.958. The van der Waals surface area contributed by atoms with Crippen molar-refractivity contribution in [1.82, 2.24) is 10.6 Å². The summed E-state index contributed by atoms with van der Waals surface area (Å²) in [6.07, 6.45) is -12.3. The first-order chi connectivity index (χ1) is 18.8. The van der Waals surface area contributed by atoms with Crippen LogP contribution in [0.4, 0.5) is 8.78 Å². The van der Waals surface area contributed by atoms with Crippen molar-refractivity contribution in [3.63, 3.8) is 0 Å². The Morgan fingerprint density at radius 2 is 1.80 bits per heavy atom. The van der Waals surface area contributed by atoms with Gasteiger partial charge in [0.05, 0.1) is 37.0 Å². The minimum atomic E-state index is -3.23. The molecule has 3 aliphatic rings. The van der Waals surface area contributed by atoms with Crippen molar-refractivity contribution in [2.24, 2.45) is 17.4 Å². The lowest BCUT2D eigenvalue weighted by atomic mass is 9.82. The molecule has 1 aliphatic carbocycles. The summed E-state index contributed by atoms with van der Waals surface area (Å²) in [5.74, 6) is -1.58. The average molecular weight is 586 g/mol. The zero-order valence-electron chi connectivity index (χ0n) is 22.7. The second kappa shape index (κ2) is 14.3. The molecule has 16 heteroatoms. The third-order valence-electron chi connectivity index (χ3n) is 7.95. The van der Waals surface area contributed by atoms with E-state index in [1.54, 1.807) is 6.92 Å². The highest BCUT2D eigenvalue weighted by molar-refractivity contribution is 5.84. The lowest BCUT2D eigenvalue weighted by molar-refractivity contribution is -0.313. The number of hydrogen-bond acceptors (Lipinski definition) is 13. The molecule has 0 amide bonds. The van der Waals surface area contributed by atoms with Gasteiger partial charge in [-0.15, -0.1) is 0 Å². The van der Waals surface area contributed by atoms with Gasteiger partial charge in [0, 0.05) is 25.0 Å². The number of nitrogens with two attached hydrogens (primary N) is 2. The summed E-state index contributed by atoms with van der Waals surface area (Å²) in [4.78, 5) is 0. The Morgan fingerprint density at radius 3 is 2.45 bits per heavy atom. The van der Waals surface area contributed by atoms with Gasteiger partial charge in [-0.05, 0) is 26.2 Å². The molecule has 2 aliphatic heterocycles. The molecular weight excluding hydrogens is 540 g/mol. The third-order valence-corrected chi connectivity index (χ3v) is 7.95. The van der Waals surface area contributed by atoms with E-state index in [0.717, 1.165) is 0 Å². The van der Waals surface area contributed by atoms with Crippen molar-refractivity contribution in [3.05, 3.63) is 0 Å². The standard InChI is InChI=1S/C24H45F2N5O9/c1-10-15(33)23(37-9-24(10,2)36)40-19-14(31-21(29)17(35)20(25)26)7-13(28)18(16(19)34)39-22-12(27)4-3-11(38-22)8-30-5-6-32/h10-20,22-23,30,32-36H,3-9,27-28H2,1-2H3,(H2,29,31)/t10-,11+,12?,13+,14-,15?,16?,17?,18?,19?,22-,23-,24?/m1/s1. The summed E-state index contributed by atoms with van der Waals surface area (Å²) >= 11 is 0. The minimum Gasteiger partial charge on any atom is -0.395 e. The van der Waals surface area contributed by atoms with Gasteiger partial charge in [0.25, 0.3) is 6.43 Å². The SMILES string of the molecule is C[C@@H]1C(O)[C@@H](OC2C(O)C(O[C@H]3O[C@H](CNCCO)CCC3N)[C@@H](N)C[C@H]2NC(=N)C(O)C(F)F)OCC1(C)O. The molecule has 2 saturated heterocycles. The van der Waals surface area contributed by atoms with E-state index in [1.165, 1.54) is 6.92 Å². The number of halogens is 2. The van der Waals surface area contributed by atoms with Crippen molar-refractivity contribution in [2.45, 2.75) is 112 Å². The van der Waals surface area contributed by atoms with E-state index in [1.807, 2.05) is 0 Å². The molecule has 2 heterocycles. The van der Waals surface area contributed by atoms with Crippen molar-refractivity contribution >= 4 is 5.84 Å². The number of nitrogens with one attached hydrogen (secondary N) is 3. The number of hydrogen-bond donors (Lipinski definition) is 10. The Bertz CT molecular complexity index is 819. The van der Waals surface area contributed by atoms with E-state index in [-0.39, 0.29) is 25.7 Å². The van der Waals surface area contributed by atoms with Crippen LogP contribution in [0, 0.1) is 11.3 Å². The highest BCUT2D eigenvalue weighted by Gasteiger charge is 2.51. The van der Waals surface area contributed by atoms with Crippen LogP contribution in [-0.4, -0.2) is 137 Å². The second-order valence-electron chi connectivity index (χ2n) is 11.1. The van der Waals surface area contributed by atoms with Gasteiger partial charge in [0.1, 0.15) is 30.3 Å². The maximum atomic E-state index is 13.0. The van der Waals surface area contributed by atoms with Gasteiger partial charge in [-0.3, -0.25) is 5.41 Å². The van der Waals surface area contributed by atoms with Crippen LogP contribution < -0.4 is 22.1 Å². The highest BCUT2D eigenvalue weighted by atomic mass is 19.3. The smallest absolute Gasteiger partial charge is 0.271 e. The quantitative estimate of drug-likeness (QED) is 0.0659. The van der Waals surface area contributed by atoms with Gasteiger partial charge in [-0.25, -0.2) is 8.78 Å². The molecule has 12 N–H and O–H groups in total. The monoisotopic (exact) mass is 585 g/mol. The van der Waals surface area contributed by atoms with Crippen LogP contribution in [0.5, 0.6) is 0 Å². The van der Waals surface area contributed by atoms with Crippen LogP contribution in [0.1, 0.15) is 33.1 Å². The van der Waals surface area contributed by atoms with Gasteiger partial charge >= 0.3 is 0 Å². The van der Waals surface area contributed by atoms with Crippen molar-refractivity contribution < 1.29 is 53.3 Å². The molecule has 3 rings (SSSR count). The molecule has 7 unspecified atom stereocenters. The van der Waals surface area contributed by atoms with Crippen LogP contribution in [-0.2, 0) is 18.9 Å². The maximum Gasteiger partial charge on any atom is 0.271 e. The minimum absolute atomic E-state index is 0.0343. The first kappa shape index (κ1) is 33.4. The Balaban J connectivity index is 1.77. The van der Waals surface area contributed by atoms with Gasteiger partial charge < -0.3 is 66.6 Å². The summed E-state index contributed by atoms with van der Waals surface area (Å²) in [5, 5.41) is 64.6. The molecule has 0 spiro atoms. The van der Waals surface area contributed by atoms with Crippen LogP contribution in [0.25, 0.3) is 0 Å². The Labute approximate surface area is 231 Å². The summed E-state index contributed by atoms with van der Waals surface area (Å²) in [6.45, 7) is 3.70. The summed E-state index contributed by atoms with van der Waals surface area (Å²) in [6, 6.07) is -2.50. The summed E-state index contributed by atoms with van der Waals surface area (Å²) in [7, 11) is 0. The summed E-state index contributed by atoms with van der Waals surface area (Å²) < 4.78 is 49.6. The summed E-state index contributed by atoms with van der Waals surface area (Å²) in [5.41, 5.74) is 11.2. The number of alkyl halides is 2. The molecule has 0 aromatic rings. The van der Waals surface area contributed by atoms with Crippen molar-refractivity contribution in [1.29, 1.82) is 5.41 Å². The highest BCUT2D eigenvalue weighted by Crippen LogP contribution is 2.34. The first-order valence-electron chi connectivity index (χ1n) is 13.6. The number of aliphatic hydroxyl groups excluding tert-OH is 4. The second-order valence-corrected chi connectivity index (χ2v) is 11.1. The zero-order valence-corrected chi connectivity index (χ0v) is 22.7. The normalized spacial score (nSPS) is 43.5. The van der Waals surface area contributed by atoms with Crippen LogP contribution in [0.3, 0.4) is 0 Å². The molecule has 0 aromatic heterocycles. The van der Waals surface area contributed by atoms with E-state index < -0.39 is 85.0 Å². The molecule has 14 nitrogen and oxygen atoms in total. The predicted molar refractivity (Wildman–Crippen MR) is 136 cm³/mol. The van der Waals surface area contributed by atoms with Gasteiger partial charge in [0.15, 0.2) is 18.7 Å². The van der Waals surface area contributed by atoms with Crippen LogP contribution in [0.2, 0.25) is 0 Å². The van der Waals surface area contributed by atoms with E-state index in [2.05, 4.69) is 10.6 Å². The molecular formula is C24H45F2N5O9. The third kappa shape index (κ3) is 8.02. The Hall–Kier alpha value is -1.15. The molecule has 13 atom stereocenters. The van der Waals surface area contributed by atoms with E-state index in [9.17, 15) is 29.2 Å². The molecule has 1 saturated carbocycles. The number of amidine groups is 1. The number of rotatable bonds is 11. The topological polar surface area (TPSA) is 238 Å². The fourth-order valence-electron chi connectivity index (χ4n) is 5.16. The predicted octanol–water partition coefficient (Wildman–Crippen LogP) is -3.07. The first-order valence-corrected chi connectivity index (χ1v) is 13.6. The Kier molecular flexibility index (Phi) is 12.0. The van der Waals surface area contributed by atoms with Gasteiger partial charge in [-0.2, -0.15) is 0 Å². The fourth-order valence-corrected chi connectivity index (χ4v) is 5.16. The zero-order chi connectivity index (χ0) is 29.8. The molecule has 0 aromatic carbocycles. The van der Waals surface area contributed by atoms with E-state index in [4.69, 9.17) is 40.9 Å². The number of aliphatic hydroxyl groups is 5. The van der Waals surface area contributed by atoms with E-state index >= 15 is 0 Å².